The molecule has 0 unspecified atom stereocenters. The Morgan fingerprint density at radius 1 is 0.917 bits per heavy atom. The van der Waals surface area contributed by atoms with Crippen molar-refractivity contribution in [3.05, 3.63) is 87.7 Å². The highest BCUT2D eigenvalue weighted by atomic mass is 19.2. The Morgan fingerprint density at radius 3 is 2.25 bits per heavy atom. The van der Waals surface area contributed by atoms with Crippen molar-refractivity contribution in [1.29, 1.82) is 0 Å². The van der Waals surface area contributed by atoms with Crippen LogP contribution in [0.15, 0.2) is 41.5 Å². The first-order valence-corrected chi connectivity index (χ1v) is 10.5. The van der Waals surface area contributed by atoms with Gasteiger partial charge in [0.15, 0.2) is 12.4 Å². The Balaban J connectivity index is 1.66. The molecule has 3 aromatic rings. The van der Waals surface area contributed by atoms with Crippen LogP contribution in [0.25, 0.3) is 0 Å². The second-order valence-electron chi connectivity index (χ2n) is 7.54. The summed E-state index contributed by atoms with van der Waals surface area (Å²) in [6.07, 6.45) is 1.27. The molecule has 0 fully saturated rings. The number of nitrogens with one attached hydrogen (secondary N) is 1. The second kappa shape index (κ2) is 11.5. The van der Waals surface area contributed by atoms with Crippen LogP contribution in [0.4, 0.5) is 22.0 Å². The van der Waals surface area contributed by atoms with E-state index in [2.05, 4.69) is 10.5 Å². The molecule has 0 aliphatic carbocycles. The topological polar surface area (TPSA) is 69.2 Å². The third kappa shape index (κ3) is 5.91. The van der Waals surface area contributed by atoms with Gasteiger partial charge in [-0.25, -0.2) is 18.6 Å². The summed E-state index contributed by atoms with van der Waals surface area (Å²) >= 11 is 0. The van der Waals surface area contributed by atoms with E-state index in [1.54, 1.807) is 12.1 Å². The number of ether oxygens (including phenoxy) is 3. The van der Waals surface area contributed by atoms with Crippen molar-refractivity contribution >= 4 is 12.1 Å². The molecule has 0 radical (unpaired) electrons. The quantitative estimate of drug-likeness (QED) is 0.143. The molecule has 36 heavy (non-hydrogen) atoms. The predicted molar refractivity (Wildman–Crippen MR) is 121 cm³/mol. The van der Waals surface area contributed by atoms with Gasteiger partial charge >= 0.3 is 0 Å². The van der Waals surface area contributed by atoms with Gasteiger partial charge < -0.3 is 14.2 Å². The molecule has 0 aliphatic rings. The fraction of sp³-hybridized carbons (Fsp3) is 0.200. The van der Waals surface area contributed by atoms with Gasteiger partial charge in [0.1, 0.15) is 18.1 Å². The molecule has 0 heterocycles. The van der Waals surface area contributed by atoms with E-state index in [1.807, 2.05) is 26.0 Å². The molecule has 0 atom stereocenters. The molecule has 0 saturated heterocycles. The Labute approximate surface area is 203 Å². The maximum Gasteiger partial charge on any atom is 0.277 e. The lowest BCUT2D eigenvalue weighted by Gasteiger charge is -2.13. The Morgan fingerprint density at radius 2 is 1.58 bits per heavy atom. The first-order valence-electron chi connectivity index (χ1n) is 10.5. The molecule has 0 aromatic heterocycles. The van der Waals surface area contributed by atoms with Crippen molar-refractivity contribution in [2.24, 2.45) is 5.10 Å². The predicted octanol–water partition coefficient (Wildman–Crippen LogP) is 5.12. The molecular formula is C25H21F5N2O4. The number of methoxy groups -OCH3 is 1. The van der Waals surface area contributed by atoms with E-state index in [0.29, 0.717) is 11.3 Å². The van der Waals surface area contributed by atoms with Gasteiger partial charge in [0.25, 0.3) is 5.91 Å². The molecule has 6 nitrogen and oxygen atoms in total. The largest absolute Gasteiger partial charge is 0.496 e. The summed E-state index contributed by atoms with van der Waals surface area (Å²) in [5, 5.41) is 3.82. The molecule has 1 N–H and O–H groups in total. The number of halogens is 5. The molecule has 0 bridgehead atoms. The standard InChI is InChI=1S/C25H21F5N2O4/c1-13-5-4-6-17(14(13)2)35-12-19(33)32-31-10-15-7-8-18(34-3)16(9-15)11-36-25-23(29)21(27)20(26)22(28)24(25)30/h4-10H,11-12H2,1-3H3,(H,32,33). The third-order valence-electron chi connectivity index (χ3n) is 5.16. The minimum atomic E-state index is -2.28. The van der Waals surface area contributed by atoms with Gasteiger partial charge in [-0.3, -0.25) is 4.79 Å². The van der Waals surface area contributed by atoms with Crippen molar-refractivity contribution in [2.75, 3.05) is 13.7 Å². The first kappa shape index (κ1) is 26.5. The smallest absolute Gasteiger partial charge is 0.277 e. The molecule has 3 aromatic carbocycles. The molecule has 0 spiro atoms. The number of amides is 1. The van der Waals surface area contributed by atoms with E-state index in [1.165, 1.54) is 25.5 Å². The Hall–Kier alpha value is -4.15. The van der Waals surface area contributed by atoms with Crippen LogP contribution in [0, 0.1) is 42.9 Å². The summed E-state index contributed by atoms with van der Waals surface area (Å²) in [5.74, 6) is -11.8. The van der Waals surface area contributed by atoms with Gasteiger partial charge in [-0.15, -0.1) is 0 Å². The average molecular weight is 508 g/mol. The zero-order valence-corrected chi connectivity index (χ0v) is 19.4. The van der Waals surface area contributed by atoms with Crippen LogP contribution in [-0.4, -0.2) is 25.8 Å². The van der Waals surface area contributed by atoms with Crippen LogP contribution in [0.1, 0.15) is 22.3 Å². The number of hydrazone groups is 1. The number of rotatable bonds is 9. The van der Waals surface area contributed by atoms with Crippen LogP contribution in [0.3, 0.4) is 0 Å². The van der Waals surface area contributed by atoms with Gasteiger partial charge in [0, 0.05) is 5.56 Å². The van der Waals surface area contributed by atoms with E-state index in [0.717, 1.165) is 11.1 Å². The zero-order valence-electron chi connectivity index (χ0n) is 19.4. The monoisotopic (exact) mass is 508 g/mol. The number of aryl methyl sites for hydroxylation is 1. The number of nitrogens with zero attached hydrogens (tertiary/aromatic N) is 1. The van der Waals surface area contributed by atoms with Crippen molar-refractivity contribution in [1.82, 2.24) is 5.43 Å². The van der Waals surface area contributed by atoms with E-state index >= 15 is 0 Å². The summed E-state index contributed by atoms with van der Waals surface area (Å²) in [4.78, 5) is 12.0. The van der Waals surface area contributed by atoms with Gasteiger partial charge in [-0.05, 0) is 54.8 Å². The lowest BCUT2D eigenvalue weighted by Crippen LogP contribution is -2.24. The van der Waals surface area contributed by atoms with Gasteiger partial charge in [-0.1, -0.05) is 12.1 Å². The summed E-state index contributed by atoms with van der Waals surface area (Å²) in [7, 11) is 1.32. The molecule has 190 valence electrons. The number of benzene rings is 3. The number of hydrogen-bond acceptors (Lipinski definition) is 5. The lowest BCUT2D eigenvalue weighted by molar-refractivity contribution is -0.123. The van der Waals surface area contributed by atoms with E-state index in [-0.39, 0.29) is 17.9 Å². The highest BCUT2D eigenvalue weighted by Gasteiger charge is 2.27. The highest BCUT2D eigenvalue weighted by Crippen LogP contribution is 2.31. The van der Waals surface area contributed by atoms with Gasteiger partial charge in [0.05, 0.1) is 13.3 Å². The SMILES string of the molecule is COc1ccc(C=NNC(=O)COc2cccc(C)c2C)cc1COc1c(F)c(F)c(F)c(F)c1F. The third-order valence-corrected chi connectivity index (χ3v) is 5.16. The summed E-state index contributed by atoms with van der Waals surface area (Å²) in [6.45, 7) is 2.94. The number of carbonyl (C=O) groups is 1. The summed E-state index contributed by atoms with van der Waals surface area (Å²) in [5.41, 5.74) is 4.86. The molecule has 0 aliphatic heterocycles. The van der Waals surface area contributed by atoms with Crippen LogP contribution in [-0.2, 0) is 11.4 Å². The van der Waals surface area contributed by atoms with Crippen molar-refractivity contribution in [2.45, 2.75) is 20.5 Å². The van der Waals surface area contributed by atoms with Gasteiger partial charge in [-0.2, -0.15) is 13.9 Å². The van der Waals surface area contributed by atoms with Crippen LogP contribution < -0.4 is 19.6 Å². The fourth-order valence-electron chi connectivity index (χ4n) is 3.09. The normalized spacial score (nSPS) is 11.0. The molecular weight excluding hydrogens is 487 g/mol. The minimum absolute atomic E-state index is 0.218. The van der Waals surface area contributed by atoms with E-state index < -0.39 is 47.3 Å². The average Bonchev–Trinajstić information content (AvgIpc) is 2.87. The zero-order chi connectivity index (χ0) is 26.4. The summed E-state index contributed by atoms with van der Waals surface area (Å²) < 4.78 is 83.3. The van der Waals surface area contributed by atoms with Gasteiger partial charge in [0.2, 0.25) is 29.1 Å². The van der Waals surface area contributed by atoms with E-state index in [9.17, 15) is 26.7 Å². The molecule has 3 rings (SSSR count). The Kier molecular flexibility index (Phi) is 8.46. The number of carbonyl (C=O) groups excluding carboxylic acids is 1. The van der Waals surface area contributed by atoms with Crippen LogP contribution in [0.5, 0.6) is 17.2 Å². The lowest BCUT2D eigenvalue weighted by atomic mass is 10.1. The maximum absolute atomic E-state index is 13.9. The maximum atomic E-state index is 13.9. The van der Waals surface area contributed by atoms with Crippen molar-refractivity contribution < 1.29 is 41.0 Å². The number of hydrogen-bond donors (Lipinski definition) is 1. The highest BCUT2D eigenvalue weighted by molar-refractivity contribution is 5.83. The molecule has 0 saturated carbocycles. The molecule has 1 amide bonds. The first-order chi connectivity index (χ1) is 17.1. The molecule has 11 heteroatoms. The second-order valence-corrected chi connectivity index (χ2v) is 7.54. The van der Waals surface area contributed by atoms with Crippen LogP contribution >= 0.6 is 0 Å². The fourth-order valence-corrected chi connectivity index (χ4v) is 3.09. The van der Waals surface area contributed by atoms with Crippen molar-refractivity contribution in [3.63, 3.8) is 0 Å². The Bertz CT molecular complexity index is 1290. The van der Waals surface area contributed by atoms with Crippen LogP contribution in [0.2, 0.25) is 0 Å². The van der Waals surface area contributed by atoms with E-state index in [4.69, 9.17) is 14.2 Å². The summed E-state index contributed by atoms with van der Waals surface area (Å²) in [6, 6.07) is 9.95. The minimum Gasteiger partial charge on any atom is -0.496 e. The van der Waals surface area contributed by atoms with Crippen molar-refractivity contribution in [3.8, 4) is 17.2 Å².